The standard InChI is InChI=1S/C18H13Br2N3O4/c1-10-5-13(23(25)26)3-4-16(10)22-18(24)12(9-21)6-11-7-14(19)17(27-2)15(20)8-11/h3-8H,1-2H3,(H,22,24). The summed E-state index contributed by atoms with van der Waals surface area (Å²) in [5.74, 6) is -0.0193. The first kappa shape index (κ1) is 20.6. The molecule has 0 fully saturated rings. The predicted molar refractivity (Wildman–Crippen MR) is 108 cm³/mol. The van der Waals surface area contributed by atoms with E-state index in [1.54, 1.807) is 19.1 Å². The molecule has 0 saturated heterocycles. The highest BCUT2D eigenvalue weighted by Crippen LogP contribution is 2.35. The number of rotatable bonds is 5. The molecule has 0 aromatic heterocycles. The third kappa shape index (κ3) is 4.93. The highest BCUT2D eigenvalue weighted by molar-refractivity contribution is 9.11. The Morgan fingerprint density at radius 2 is 1.93 bits per heavy atom. The first-order valence-corrected chi connectivity index (χ1v) is 9.06. The maximum Gasteiger partial charge on any atom is 0.269 e. The van der Waals surface area contributed by atoms with Gasteiger partial charge in [0.2, 0.25) is 0 Å². The van der Waals surface area contributed by atoms with E-state index < -0.39 is 10.8 Å². The van der Waals surface area contributed by atoms with Crippen molar-refractivity contribution in [3.8, 4) is 11.8 Å². The van der Waals surface area contributed by atoms with E-state index in [1.165, 1.54) is 31.4 Å². The monoisotopic (exact) mass is 493 g/mol. The van der Waals surface area contributed by atoms with E-state index in [0.29, 0.717) is 31.5 Å². The normalized spacial score (nSPS) is 10.9. The van der Waals surface area contributed by atoms with Crippen LogP contribution in [0.3, 0.4) is 0 Å². The molecule has 0 bridgehead atoms. The third-order valence-corrected chi connectivity index (χ3v) is 4.75. The number of anilines is 1. The molecule has 0 unspecified atom stereocenters. The zero-order valence-electron chi connectivity index (χ0n) is 14.2. The molecular weight excluding hydrogens is 482 g/mol. The Morgan fingerprint density at radius 3 is 2.41 bits per heavy atom. The van der Waals surface area contributed by atoms with Crippen molar-refractivity contribution >= 4 is 55.2 Å². The van der Waals surface area contributed by atoms with E-state index in [0.717, 1.165) is 0 Å². The summed E-state index contributed by atoms with van der Waals surface area (Å²) in [6.45, 7) is 1.63. The second kappa shape index (κ2) is 8.79. The average molecular weight is 495 g/mol. The Morgan fingerprint density at radius 1 is 1.30 bits per heavy atom. The van der Waals surface area contributed by atoms with Gasteiger partial charge >= 0.3 is 0 Å². The van der Waals surface area contributed by atoms with E-state index in [2.05, 4.69) is 37.2 Å². The second-order valence-electron chi connectivity index (χ2n) is 5.40. The zero-order valence-corrected chi connectivity index (χ0v) is 17.4. The minimum absolute atomic E-state index is 0.0746. The fraction of sp³-hybridized carbons (Fsp3) is 0.111. The van der Waals surface area contributed by atoms with Crippen LogP contribution in [0.4, 0.5) is 11.4 Å². The highest BCUT2D eigenvalue weighted by atomic mass is 79.9. The summed E-state index contributed by atoms with van der Waals surface area (Å²) in [5, 5.41) is 22.7. The van der Waals surface area contributed by atoms with Gasteiger partial charge in [0.25, 0.3) is 11.6 Å². The van der Waals surface area contributed by atoms with Crippen molar-refractivity contribution in [3.05, 3.63) is 66.1 Å². The summed E-state index contributed by atoms with van der Waals surface area (Å²) in [7, 11) is 1.53. The molecule has 7 nitrogen and oxygen atoms in total. The maximum atomic E-state index is 12.4. The number of nitro benzene ring substituents is 1. The topological polar surface area (TPSA) is 105 Å². The van der Waals surface area contributed by atoms with Gasteiger partial charge in [0.15, 0.2) is 0 Å². The number of halogens is 2. The molecule has 1 N–H and O–H groups in total. The van der Waals surface area contributed by atoms with Crippen LogP contribution in [-0.4, -0.2) is 17.9 Å². The van der Waals surface area contributed by atoms with E-state index in [9.17, 15) is 20.2 Å². The minimum Gasteiger partial charge on any atom is -0.494 e. The number of nitro groups is 1. The number of carbonyl (C=O) groups is 1. The van der Waals surface area contributed by atoms with Gasteiger partial charge in [-0.2, -0.15) is 5.26 Å². The van der Waals surface area contributed by atoms with E-state index in [4.69, 9.17) is 4.74 Å². The molecular formula is C18H13Br2N3O4. The summed E-state index contributed by atoms with van der Waals surface area (Å²) in [5.41, 5.74) is 1.33. The molecule has 2 aromatic carbocycles. The Hall–Kier alpha value is -2.70. The van der Waals surface area contributed by atoms with Crippen molar-refractivity contribution in [2.75, 3.05) is 12.4 Å². The van der Waals surface area contributed by atoms with Crippen molar-refractivity contribution in [1.29, 1.82) is 5.26 Å². The van der Waals surface area contributed by atoms with Gasteiger partial charge in [0, 0.05) is 17.8 Å². The number of ether oxygens (including phenoxy) is 1. The molecule has 0 aliphatic rings. The van der Waals surface area contributed by atoms with Gasteiger partial charge in [-0.1, -0.05) is 0 Å². The Balaban J connectivity index is 2.30. The van der Waals surface area contributed by atoms with E-state index in [-0.39, 0.29) is 11.3 Å². The van der Waals surface area contributed by atoms with E-state index >= 15 is 0 Å². The number of nitrogens with zero attached hydrogens (tertiary/aromatic N) is 2. The van der Waals surface area contributed by atoms with Crippen LogP contribution >= 0.6 is 31.9 Å². The SMILES string of the molecule is COc1c(Br)cc(C=C(C#N)C(=O)Nc2ccc([N+](=O)[O-])cc2C)cc1Br. The van der Waals surface area contributed by atoms with Crippen LogP contribution in [0.5, 0.6) is 5.75 Å². The lowest BCUT2D eigenvalue weighted by Gasteiger charge is -2.09. The van der Waals surface area contributed by atoms with Crippen molar-refractivity contribution < 1.29 is 14.5 Å². The number of carbonyl (C=O) groups excluding carboxylic acids is 1. The van der Waals surface area contributed by atoms with Gasteiger partial charge < -0.3 is 10.1 Å². The second-order valence-corrected chi connectivity index (χ2v) is 7.11. The number of nitriles is 1. The molecule has 0 atom stereocenters. The maximum absolute atomic E-state index is 12.4. The molecule has 0 spiro atoms. The van der Waals surface area contributed by atoms with E-state index in [1.807, 2.05) is 6.07 Å². The van der Waals surface area contributed by atoms with Crippen molar-refractivity contribution in [2.45, 2.75) is 6.92 Å². The zero-order chi connectivity index (χ0) is 20.1. The summed E-state index contributed by atoms with van der Waals surface area (Å²) < 4.78 is 6.54. The minimum atomic E-state index is -0.613. The number of amides is 1. The molecule has 138 valence electrons. The van der Waals surface area contributed by atoms with Crippen molar-refractivity contribution in [2.24, 2.45) is 0 Å². The summed E-state index contributed by atoms with van der Waals surface area (Å²) >= 11 is 6.73. The number of hydrogen-bond donors (Lipinski definition) is 1. The summed E-state index contributed by atoms with van der Waals surface area (Å²) in [6, 6.07) is 9.36. The van der Waals surface area contributed by atoms with Crippen molar-refractivity contribution in [1.82, 2.24) is 0 Å². The molecule has 0 aliphatic carbocycles. The molecule has 2 aromatic rings. The molecule has 2 rings (SSSR count). The summed E-state index contributed by atoms with van der Waals surface area (Å²) in [6.07, 6.45) is 1.44. The quantitative estimate of drug-likeness (QED) is 0.273. The Bertz CT molecular complexity index is 974. The lowest BCUT2D eigenvalue weighted by molar-refractivity contribution is -0.384. The number of methoxy groups -OCH3 is 1. The Kier molecular flexibility index (Phi) is 6.71. The Labute approximate surface area is 172 Å². The lowest BCUT2D eigenvalue weighted by Crippen LogP contribution is -2.14. The van der Waals surface area contributed by atoms with Crippen LogP contribution in [0, 0.1) is 28.4 Å². The van der Waals surface area contributed by atoms with Crippen LogP contribution in [0.2, 0.25) is 0 Å². The van der Waals surface area contributed by atoms with Crippen LogP contribution in [0.25, 0.3) is 6.08 Å². The van der Waals surface area contributed by atoms with Gasteiger partial charge in [-0.05, 0) is 74.2 Å². The van der Waals surface area contributed by atoms with Crippen LogP contribution < -0.4 is 10.1 Å². The largest absolute Gasteiger partial charge is 0.494 e. The molecule has 27 heavy (non-hydrogen) atoms. The van der Waals surface area contributed by atoms with Crippen LogP contribution in [0.1, 0.15) is 11.1 Å². The van der Waals surface area contributed by atoms with Gasteiger partial charge in [-0.15, -0.1) is 0 Å². The lowest BCUT2D eigenvalue weighted by atomic mass is 10.1. The smallest absolute Gasteiger partial charge is 0.269 e. The van der Waals surface area contributed by atoms with Gasteiger partial charge in [-0.3, -0.25) is 14.9 Å². The summed E-state index contributed by atoms with van der Waals surface area (Å²) in [4.78, 5) is 22.7. The van der Waals surface area contributed by atoms with Crippen LogP contribution in [0.15, 0.2) is 44.9 Å². The van der Waals surface area contributed by atoms with Gasteiger partial charge in [0.05, 0.1) is 21.0 Å². The fourth-order valence-corrected chi connectivity index (χ4v) is 3.81. The first-order valence-electron chi connectivity index (χ1n) is 7.48. The van der Waals surface area contributed by atoms with Crippen molar-refractivity contribution in [3.63, 3.8) is 0 Å². The molecule has 0 aliphatic heterocycles. The number of hydrogen-bond acceptors (Lipinski definition) is 5. The number of benzene rings is 2. The molecule has 1 amide bonds. The van der Waals surface area contributed by atoms with Gasteiger partial charge in [-0.25, -0.2) is 0 Å². The number of non-ortho nitro benzene ring substituents is 1. The molecule has 9 heteroatoms. The predicted octanol–water partition coefficient (Wildman–Crippen LogP) is 4.98. The third-order valence-electron chi connectivity index (χ3n) is 3.57. The van der Waals surface area contributed by atoms with Gasteiger partial charge in [0.1, 0.15) is 17.4 Å². The number of aryl methyl sites for hydroxylation is 1. The molecule has 0 heterocycles. The van der Waals surface area contributed by atoms with Crippen LogP contribution in [-0.2, 0) is 4.79 Å². The number of nitrogens with one attached hydrogen (secondary N) is 1. The molecule has 0 saturated carbocycles. The highest BCUT2D eigenvalue weighted by Gasteiger charge is 2.14. The fourth-order valence-electron chi connectivity index (χ4n) is 2.26. The molecule has 0 radical (unpaired) electrons. The average Bonchev–Trinajstić information content (AvgIpc) is 2.60. The first-order chi connectivity index (χ1) is 12.8.